The summed E-state index contributed by atoms with van der Waals surface area (Å²) in [7, 11) is 0. The van der Waals surface area contributed by atoms with Crippen LogP contribution in [0.25, 0.3) is 0 Å². The van der Waals surface area contributed by atoms with Crippen molar-refractivity contribution in [3.63, 3.8) is 0 Å². The fourth-order valence-corrected chi connectivity index (χ4v) is 2.01. The Morgan fingerprint density at radius 1 is 1.14 bits per heavy atom. The molecule has 0 fully saturated rings. The standard InChI is InChI=1S/C13H12N2O6/c16-13(21-12-4-2-1-3-5-12)9-6-10(14(17)18)8-11(7-9)15(19)20/h2,4,6-8,12H,1,3,5H2. The summed E-state index contributed by atoms with van der Waals surface area (Å²) in [6, 6.07) is 2.75. The Hall–Kier alpha value is -2.77. The minimum atomic E-state index is -0.807. The van der Waals surface area contributed by atoms with Crippen LogP contribution in [0.4, 0.5) is 11.4 Å². The lowest BCUT2D eigenvalue weighted by Crippen LogP contribution is -2.18. The second-order valence-electron chi connectivity index (χ2n) is 4.56. The van der Waals surface area contributed by atoms with E-state index in [9.17, 15) is 25.0 Å². The van der Waals surface area contributed by atoms with Crippen LogP contribution in [-0.4, -0.2) is 21.9 Å². The molecule has 0 bridgehead atoms. The zero-order valence-corrected chi connectivity index (χ0v) is 10.9. The van der Waals surface area contributed by atoms with Gasteiger partial charge in [-0.25, -0.2) is 4.79 Å². The molecule has 0 saturated carbocycles. The van der Waals surface area contributed by atoms with Crippen molar-refractivity contribution in [3.05, 3.63) is 56.1 Å². The van der Waals surface area contributed by atoms with Crippen LogP contribution in [0.15, 0.2) is 30.4 Å². The van der Waals surface area contributed by atoms with Crippen LogP contribution in [0.5, 0.6) is 0 Å². The molecule has 0 spiro atoms. The van der Waals surface area contributed by atoms with Gasteiger partial charge in [0.25, 0.3) is 11.4 Å². The van der Waals surface area contributed by atoms with Gasteiger partial charge in [-0.3, -0.25) is 20.2 Å². The number of nitrogens with zero attached hydrogens (tertiary/aromatic N) is 2. The van der Waals surface area contributed by atoms with Gasteiger partial charge >= 0.3 is 5.97 Å². The van der Waals surface area contributed by atoms with Crippen molar-refractivity contribution < 1.29 is 19.4 Å². The highest BCUT2D eigenvalue weighted by atomic mass is 16.6. The number of ether oxygens (including phenoxy) is 1. The number of nitro benzene ring substituents is 2. The highest BCUT2D eigenvalue weighted by molar-refractivity contribution is 5.91. The first-order valence-electron chi connectivity index (χ1n) is 6.29. The molecule has 21 heavy (non-hydrogen) atoms. The zero-order chi connectivity index (χ0) is 15.4. The average molecular weight is 292 g/mol. The number of carbonyl (C=O) groups excluding carboxylic acids is 1. The average Bonchev–Trinajstić information content (AvgIpc) is 2.47. The van der Waals surface area contributed by atoms with Crippen molar-refractivity contribution in [3.8, 4) is 0 Å². The molecule has 110 valence electrons. The molecule has 8 heteroatoms. The maximum atomic E-state index is 12.0. The summed E-state index contributed by atoms with van der Waals surface area (Å²) in [6.07, 6.45) is 5.69. The van der Waals surface area contributed by atoms with E-state index in [1.807, 2.05) is 6.08 Å². The quantitative estimate of drug-likeness (QED) is 0.365. The van der Waals surface area contributed by atoms with Crippen LogP contribution < -0.4 is 0 Å². The fraction of sp³-hybridized carbons (Fsp3) is 0.308. The van der Waals surface area contributed by atoms with Gasteiger partial charge in [0.15, 0.2) is 0 Å². The van der Waals surface area contributed by atoms with Crippen LogP contribution in [0.2, 0.25) is 0 Å². The van der Waals surface area contributed by atoms with E-state index in [1.54, 1.807) is 6.08 Å². The lowest BCUT2D eigenvalue weighted by Gasteiger charge is -2.16. The molecule has 0 N–H and O–H groups in total. The van der Waals surface area contributed by atoms with Crippen LogP contribution in [0.1, 0.15) is 29.6 Å². The molecular weight excluding hydrogens is 280 g/mol. The number of hydrogen-bond acceptors (Lipinski definition) is 6. The number of allylic oxidation sites excluding steroid dienone is 1. The van der Waals surface area contributed by atoms with E-state index in [1.165, 1.54) is 0 Å². The molecular formula is C13H12N2O6. The number of esters is 1. The first-order valence-corrected chi connectivity index (χ1v) is 6.29. The monoisotopic (exact) mass is 292 g/mol. The van der Waals surface area contributed by atoms with E-state index < -0.39 is 33.3 Å². The summed E-state index contributed by atoms with van der Waals surface area (Å²) in [5.41, 5.74) is -1.24. The number of rotatable bonds is 4. The summed E-state index contributed by atoms with van der Waals surface area (Å²) < 4.78 is 5.18. The molecule has 1 unspecified atom stereocenters. The van der Waals surface area contributed by atoms with Gasteiger partial charge < -0.3 is 4.74 Å². The molecule has 0 radical (unpaired) electrons. The smallest absolute Gasteiger partial charge is 0.339 e. The summed E-state index contributed by atoms with van der Waals surface area (Å²) in [4.78, 5) is 31.9. The molecule has 1 aliphatic rings. The minimum Gasteiger partial charge on any atom is -0.455 e. The number of benzene rings is 1. The van der Waals surface area contributed by atoms with Gasteiger partial charge in [0.2, 0.25) is 0 Å². The summed E-state index contributed by atoms with van der Waals surface area (Å²) in [6.45, 7) is 0. The molecule has 0 aromatic heterocycles. The van der Waals surface area contributed by atoms with E-state index in [0.717, 1.165) is 31.0 Å². The highest BCUT2D eigenvalue weighted by Gasteiger charge is 2.22. The summed E-state index contributed by atoms with van der Waals surface area (Å²) >= 11 is 0. The van der Waals surface area contributed by atoms with E-state index in [2.05, 4.69) is 0 Å². The molecule has 1 aromatic carbocycles. The molecule has 8 nitrogen and oxygen atoms in total. The van der Waals surface area contributed by atoms with Crippen molar-refractivity contribution in [2.24, 2.45) is 0 Å². The highest BCUT2D eigenvalue weighted by Crippen LogP contribution is 2.24. The van der Waals surface area contributed by atoms with E-state index in [0.29, 0.717) is 6.42 Å². The van der Waals surface area contributed by atoms with Crippen molar-refractivity contribution in [2.75, 3.05) is 0 Å². The Morgan fingerprint density at radius 3 is 2.24 bits per heavy atom. The lowest BCUT2D eigenvalue weighted by molar-refractivity contribution is -0.394. The summed E-state index contributed by atoms with van der Waals surface area (Å²) in [5.74, 6) is -0.807. The maximum Gasteiger partial charge on any atom is 0.339 e. The molecule has 0 saturated heterocycles. The van der Waals surface area contributed by atoms with Gasteiger partial charge in [0.05, 0.1) is 21.5 Å². The first-order chi connectivity index (χ1) is 9.97. The van der Waals surface area contributed by atoms with Gasteiger partial charge in [-0.1, -0.05) is 6.08 Å². The Balaban J connectivity index is 2.26. The third-order valence-electron chi connectivity index (χ3n) is 3.03. The van der Waals surface area contributed by atoms with E-state index in [-0.39, 0.29) is 5.56 Å². The van der Waals surface area contributed by atoms with Crippen molar-refractivity contribution in [1.82, 2.24) is 0 Å². The molecule has 1 atom stereocenters. The van der Waals surface area contributed by atoms with Gasteiger partial charge in [-0.05, 0) is 25.3 Å². The SMILES string of the molecule is O=C(OC1C=CCCC1)c1cc([N+](=O)[O-])cc([N+](=O)[O-])c1. The Kier molecular flexibility index (Phi) is 4.27. The Bertz CT molecular complexity index is 593. The predicted molar refractivity (Wildman–Crippen MR) is 71.9 cm³/mol. The largest absolute Gasteiger partial charge is 0.455 e. The zero-order valence-electron chi connectivity index (χ0n) is 10.9. The van der Waals surface area contributed by atoms with E-state index >= 15 is 0 Å². The molecule has 2 rings (SSSR count). The van der Waals surface area contributed by atoms with Crippen LogP contribution in [-0.2, 0) is 4.74 Å². The van der Waals surface area contributed by atoms with Gasteiger partial charge in [0, 0.05) is 12.1 Å². The molecule has 0 heterocycles. The minimum absolute atomic E-state index is 0.199. The third kappa shape index (κ3) is 3.62. The Morgan fingerprint density at radius 2 is 1.76 bits per heavy atom. The summed E-state index contributed by atoms with van der Waals surface area (Å²) in [5, 5.41) is 21.5. The fourth-order valence-electron chi connectivity index (χ4n) is 2.01. The maximum absolute atomic E-state index is 12.0. The third-order valence-corrected chi connectivity index (χ3v) is 3.03. The normalized spacial score (nSPS) is 17.2. The molecule has 1 aliphatic carbocycles. The van der Waals surface area contributed by atoms with Crippen molar-refractivity contribution >= 4 is 17.3 Å². The molecule has 0 aliphatic heterocycles. The lowest BCUT2D eigenvalue weighted by atomic mass is 10.1. The van der Waals surface area contributed by atoms with Gasteiger partial charge in [-0.15, -0.1) is 0 Å². The predicted octanol–water partition coefficient (Wildman–Crippen LogP) is 2.77. The van der Waals surface area contributed by atoms with Crippen molar-refractivity contribution in [2.45, 2.75) is 25.4 Å². The number of non-ortho nitro benzene ring substituents is 2. The second kappa shape index (κ2) is 6.12. The number of carbonyl (C=O) groups is 1. The molecule has 0 amide bonds. The van der Waals surface area contributed by atoms with Crippen molar-refractivity contribution in [1.29, 1.82) is 0 Å². The van der Waals surface area contributed by atoms with Crippen LogP contribution in [0, 0.1) is 20.2 Å². The molecule has 1 aromatic rings. The Labute approximate surface area is 119 Å². The second-order valence-corrected chi connectivity index (χ2v) is 4.56. The topological polar surface area (TPSA) is 113 Å². The van der Waals surface area contributed by atoms with Crippen LogP contribution in [0.3, 0.4) is 0 Å². The first kappa shape index (κ1) is 14.6. The number of nitro groups is 2. The van der Waals surface area contributed by atoms with Gasteiger partial charge in [-0.2, -0.15) is 0 Å². The van der Waals surface area contributed by atoms with Crippen LogP contribution >= 0.6 is 0 Å². The van der Waals surface area contributed by atoms with E-state index in [4.69, 9.17) is 4.74 Å². The van der Waals surface area contributed by atoms with Gasteiger partial charge in [0.1, 0.15) is 6.10 Å². The number of hydrogen-bond donors (Lipinski definition) is 0.